The average Bonchev–Trinajstić information content (AvgIpc) is 2.86. The van der Waals surface area contributed by atoms with E-state index in [-0.39, 0.29) is 51.6 Å². The van der Waals surface area contributed by atoms with E-state index in [1.807, 2.05) is 27.7 Å². The smallest absolute Gasteiger partial charge is 0.339 e. The van der Waals surface area contributed by atoms with Crippen LogP contribution in [-0.4, -0.2) is 42.5 Å². The first kappa shape index (κ1) is 30.3. The molecule has 1 N–H and O–H groups in total. The zero-order valence-electron chi connectivity index (χ0n) is 23.7. The summed E-state index contributed by atoms with van der Waals surface area (Å²) in [5, 5.41) is 9.63. The molecule has 0 saturated carbocycles. The quantitative estimate of drug-likeness (QED) is 0.357. The Labute approximate surface area is 255 Å². The minimum atomic E-state index is -4.25. The van der Waals surface area contributed by atoms with Crippen LogP contribution < -0.4 is 4.18 Å². The lowest BCUT2D eigenvalue weighted by Crippen LogP contribution is -2.45. The van der Waals surface area contributed by atoms with Crippen LogP contribution in [0.4, 0.5) is 0 Å². The number of carboxylic acid groups (broad SMARTS) is 1. The standard InChI is InChI=1S/C31H31Cl2NO7S/c1-30(2)12-21-27(23(35)14-30)26(28-22(34(21)16-25(37)38)13-31(3,4)15-24(28)36)17-10-19(32)29(20(33)11-17)41-42(39,40)18-8-6-5-7-9-18/h5-11,26H,12-16H2,1-4H3,(H,37,38). The zero-order chi connectivity index (χ0) is 30.8. The molecule has 0 bridgehead atoms. The molecule has 2 aliphatic carbocycles. The molecule has 0 radical (unpaired) electrons. The number of hydrogen-bond acceptors (Lipinski definition) is 7. The van der Waals surface area contributed by atoms with Crippen molar-refractivity contribution in [2.75, 3.05) is 6.54 Å². The third-order valence-electron chi connectivity index (χ3n) is 7.89. The van der Waals surface area contributed by atoms with Crippen molar-refractivity contribution in [2.45, 2.75) is 64.2 Å². The first-order chi connectivity index (χ1) is 19.5. The number of ketones is 2. The van der Waals surface area contributed by atoms with Crippen molar-refractivity contribution >= 4 is 50.9 Å². The largest absolute Gasteiger partial charge is 0.480 e. The van der Waals surface area contributed by atoms with Gasteiger partial charge in [0.15, 0.2) is 17.3 Å². The third-order valence-corrected chi connectivity index (χ3v) is 9.69. The Bertz CT molecular complexity index is 1610. The Balaban J connectivity index is 1.69. The van der Waals surface area contributed by atoms with Crippen LogP contribution in [-0.2, 0) is 24.5 Å². The first-order valence-electron chi connectivity index (χ1n) is 13.5. The Kier molecular flexibility index (Phi) is 7.61. The summed E-state index contributed by atoms with van der Waals surface area (Å²) >= 11 is 13.2. The van der Waals surface area contributed by atoms with Gasteiger partial charge in [0.1, 0.15) is 11.4 Å². The van der Waals surface area contributed by atoms with E-state index >= 15 is 0 Å². The lowest BCUT2D eigenvalue weighted by molar-refractivity contribution is -0.138. The molecule has 5 rings (SSSR count). The Hall–Kier alpha value is -3.14. The molecule has 0 aromatic heterocycles. The number of carbonyl (C=O) groups is 3. The fourth-order valence-electron chi connectivity index (χ4n) is 6.28. The molecule has 0 atom stereocenters. The van der Waals surface area contributed by atoms with Gasteiger partial charge in [0.2, 0.25) is 0 Å². The van der Waals surface area contributed by atoms with Gasteiger partial charge in [-0.2, -0.15) is 8.42 Å². The molecule has 42 heavy (non-hydrogen) atoms. The lowest BCUT2D eigenvalue weighted by Gasteiger charge is -2.48. The minimum Gasteiger partial charge on any atom is -0.480 e. The molecule has 1 aliphatic heterocycles. The molecule has 3 aliphatic rings. The number of aliphatic carboxylic acids is 1. The molecule has 1 heterocycles. The van der Waals surface area contributed by atoms with Crippen molar-refractivity contribution in [3.05, 3.63) is 80.6 Å². The minimum absolute atomic E-state index is 0.0811. The summed E-state index contributed by atoms with van der Waals surface area (Å²) in [6.07, 6.45) is 1.29. The molecule has 0 saturated heterocycles. The summed E-state index contributed by atoms with van der Waals surface area (Å²) in [5.41, 5.74) is 1.41. The number of halogens is 2. The van der Waals surface area contributed by atoms with Crippen molar-refractivity contribution in [2.24, 2.45) is 10.8 Å². The van der Waals surface area contributed by atoms with Crippen LogP contribution in [0.3, 0.4) is 0 Å². The monoisotopic (exact) mass is 631 g/mol. The summed E-state index contributed by atoms with van der Waals surface area (Å²) in [4.78, 5) is 41.2. The normalized spacial score (nSPS) is 20.4. The van der Waals surface area contributed by atoms with Crippen LogP contribution in [0.25, 0.3) is 0 Å². The molecular weight excluding hydrogens is 601 g/mol. The van der Waals surface area contributed by atoms with Crippen molar-refractivity contribution in [3.63, 3.8) is 0 Å². The zero-order valence-corrected chi connectivity index (χ0v) is 26.0. The van der Waals surface area contributed by atoms with Gasteiger partial charge in [0.05, 0.1) is 10.0 Å². The van der Waals surface area contributed by atoms with Crippen LogP contribution >= 0.6 is 23.2 Å². The van der Waals surface area contributed by atoms with Crippen LogP contribution in [0.5, 0.6) is 5.75 Å². The predicted molar refractivity (Wildman–Crippen MR) is 158 cm³/mol. The van der Waals surface area contributed by atoms with Gasteiger partial charge in [-0.1, -0.05) is 69.1 Å². The summed E-state index contributed by atoms with van der Waals surface area (Å²) in [6.45, 7) is 7.43. The number of nitrogens with zero attached hydrogens (tertiary/aromatic N) is 1. The maximum absolute atomic E-state index is 13.8. The average molecular weight is 633 g/mol. The van der Waals surface area contributed by atoms with E-state index in [4.69, 9.17) is 27.4 Å². The van der Waals surface area contributed by atoms with Crippen molar-refractivity contribution in [3.8, 4) is 5.75 Å². The summed E-state index contributed by atoms with van der Waals surface area (Å²) in [7, 11) is -4.25. The second kappa shape index (κ2) is 10.5. The topological polar surface area (TPSA) is 118 Å². The fourth-order valence-corrected chi connectivity index (χ4v) is 7.94. The second-order valence-corrected chi connectivity index (χ2v) is 15.0. The molecule has 2 aromatic carbocycles. The van der Waals surface area contributed by atoms with Crippen LogP contribution in [0.1, 0.15) is 64.9 Å². The van der Waals surface area contributed by atoms with Crippen LogP contribution in [0.2, 0.25) is 10.0 Å². The van der Waals surface area contributed by atoms with Crippen molar-refractivity contribution < 1.29 is 32.1 Å². The van der Waals surface area contributed by atoms with Gasteiger partial charge in [0, 0.05) is 41.3 Å². The van der Waals surface area contributed by atoms with E-state index < -0.39 is 32.8 Å². The maximum atomic E-state index is 13.8. The number of Topliss-reactive ketones (excluding diaryl/α,β-unsaturated/α-hetero) is 2. The highest BCUT2D eigenvalue weighted by atomic mass is 35.5. The lowest BCUT2D eigenvalue weighted by atomic mass is 9.63. The van der Waals surface area contributed by atoms with E-state index in [9.17, 15) is 27.9 Å². The summed E-state index contributed by atoms with van der Waals surface area (Å²) in [5.74, 6) is -2.58. The third kappa shape index (κ3) is 5.62. The van der Waals surface area contributed by atoms with Crippen LogP contribution in [0.15, 0.2) is 69.9 Å². The molecule has 0 unspecified atom stereocenters. The molecular formula is C31H31Cl2NO7S. The van der Waals surface area contributed by atoms with Gasteiger partial charge < -0.3 is 14.2 Å². The number of carboxylic acids is 1. The Morgan fingerprint density at radius 2 is 1.38 bits per heavy atom. The summed E-state index contributed by atoms with van der Waals surface area (Å²) < 4.78 is 31.1. The molecule has 0 fully saturated rings. The van der Waals surface area contributed by atoms with Crippen molar-refractivity contribution in [1.29, 1.82) is 0 Å². The predicted octanol–water partition coefficient (Wildman–Crippen LogP) is 6.53. The van der Waals surface area contributed by atoms with E-state index in [0.717, 1.165) is 0 Å². The van der Waals surface area contributed by atoms with Gasteiger partial charge in [0.25, 0.3) is 0 Å². The molecule has 0 spiro atoms. The van der Waals surface area contributed by atoms with E-state index in [2.05, 4.69) is 0 Å². The highest BCUT2D eigenvalue weighted by Crippen LogP contribution is 2.55. The Morgan fingerprint density at radius 1 is 0.905 bits per heavy atom. The highest BCUT2D eigenvalue weighted by Gasteiger charge is 2.49. The number of carbonyl (C=O) groups excluding carboxylic acids is 2. The van der Waals surface area contributed by atoms with Crippen LogP contribution in [0, 0.1) is 10.8 Å². The van der Waals surface area contributed by atoms with E-state index in [1.54, 1.807) is 23.1 Å². The Morgan fingerprint density at radius 3 is 1.83 bits per heavy atom. The van der Waals surface area contributed by atoms with Gasteiger partial charge in [-0.15, -0.1) is 0 Å². The molecule has 222 valence electrons. The maximum Gasteiger partial charge on any atom is 0.339 e. The first-order valence-corrected chi connectivity index (χ1v) is 15.7. The number of rotatable bonds is 6. The number of allylic oxidation sites excluding steroid dienone is 4. The van der Waals surface area contributed by atoms with E-state index in [1.165, 1.54) is 24.3 Å². The molecule has 11 heteroatoms. The van der Waals surface area contributed by atoms with Gasteiger partial charge in [-0.05, 0) is 53.5 Å². The van der Waals surface area contributed by atoms with Crippen molar-refractivity contribution in [1.82, 2.24) is 4.90 Å². The van der Waals surface area contributed by atoms with Gasteiger partial charge in [-0.25, -0.2) is 0 Å². The fraction of sp³-hybridized carbons (Fsp3) is 0.387. The summed E-state index contributed by atoms with van der Waals surface area (Å²) in [6, 6.07) is 10.5. The molecule has 0 amide bonds. The molecule has 8 nitrogen and oxygen atoms in total. The van der Waals surface area contributed by atoms with Gasteiger partial charge >= 0.3 is 16.1 Å². The molecule has 2 aromatic rings. The SMILES string of the molecule is CC1(C)CC(=O)C2=C(C1)N(CC(=O)O)C1=C(C(=O)CC(C)(C)C1)C2c1cc(Cl)c(OS(=O)(=O)c2ccccc2)c(Cl)c1. The highest BCUT2D eigenvalue weighted by molar-refractivity contribution is 7.87. The number of benzene rings is 2. The van der Waals surface area contributed by atoms with E-state index in [0.29, 0.717) is 40.9 Å². The second-order valence-electron chi connectivity index (χ2n) is 12.7. The van der Waals surface area contributed by atoms with Gasteiger partial charge in [-0.3, -0.25) is 14.4 Å². The number of hydrogen-bond donors (Lipinski definition) is 1.